The maximum atomic E-state index is 11.2. The van der Waals surface area contributed by atoms with Crippen LogP contribution in [-0.2, 0) is 4.79 Å². The van der Waals surface area contributed by atoms with Crippen molar-refractivity contribution < 1.29 is 15.0 Å². The molecule has 1 amide bonds. The summed E-state index contributed by atoms with van der Waals surface area (Å²) in [6.07, 6.45) is 0. The Morgan fingerprint density at radius 2 is 1.88 bits per heavy atom. The fraction of sp³-hybridized carbons (Fsp3) is 0.316. The Hall–Kier alpha value is -2.93. The third-order valence-corrected chi connectivity index (χ3v) is 4.00. The highest BCUT2D eigenvalue weighted by molar-refractivity contribution is 5.80. The van der Waals surface area contributed by atoms with E-state index >= 15 is 0 Å². The molecule has 0 aromatic heterocycles. The van der Waals surface area contributed by atoms with Crippen molar-refractivity contribution in [2.75, 3.05) is 41.8 Å². The van der Waals surface area contributed by atoms with E-state index in [2.05, 4.69) is 10.6 Å². The molecule has 2 aromatic rings. The van der Waals surface area contributed by atoms with Gasteiger partial charge in [-0.1, -0.05) is 0 Å². The van der Waals surface area contributed by atoms with E-state index in [0.717, 1.165) is 22.6 Å². The van der Waals surface area contributed by atoms with Gasteiger partial charge in [0.05, 0.1) is 24.5 Å². The number of aryl methyl sites for hydroxylation is 1. The number of aliphatic hydroxyl groups excluding tert-OH is 1. The molecule has 0 atom stereocenters. The maximum Gasteiger partial charge on any atom is 0.236 e. The Morgan fingerprint density at radius 3 is 2.46 bits per heavy atom. The molecule has 6 N–H and O–H groups in total. The van der Waals surface area contributed by atoms with E-state index in [-0.39, 0.29) is 24.8 Å². The normalized spacial score (nSPS) is 10.4. The summed E-state index contributed by atoms with van der Waals surface area (Å²) in [5.74, 6) is -0.176. The maximum absolute atomic E-state index is 11.2. The van der Waals surface area contributed by atoms with Crippen molar-refractivity contribution in [3.63, 3.8) is 0 Å². The van der Waals surface area contributed by atoms with Crippen LogP contribution in [0.3, 0.4) is 0 Å². The molecule has 0 bridgehead atoms. The van der Waals surface area contributed by atoms with Crippen molar-refractivity contribution >= 4 is 28.7 Å². The number of anilines is 4. The molecule has 0 unspecified atom stereocenters. The summed E-state index contributed by atoms with van der Waals surface area (Å²) >= 11 is 0. The average molecular weight is 358 g/mol. The molecule has 0 aliphatic carbocycles. The molecule has 26 heavy (non-hydrogen) atoms. The standard InChI is InChI=1S/C19H26N4O3/c1-3-23(12-19(20)26)15-6-4-14(5-7-15)22-17-10-13(2)18(25)11-16(17)21-8-9-24/h4-7,10-11,21-22,24-25H,3,8-9,12H2,1-2H3,(H2,20,26). The third-order valence-electron chi connectivity index (χ3n) is 4.00. The van der Waals surface area contributed by atoms with E-state index < -0.39 is 0 Å². The molecule has 0 saturated heterocycles. The lowest BCUT2D eigenvalue weighted by Crippen LogP contribution is -2.33. The molecule has 2 rings (SSSR count). The quantitative estimate of drug-likeness (QED) is 0.439. The number of nitrogens with zero attached hydrogens (tertiary/aromatic N) is 1. The van der Waals surface area contributed by atoms with Crippen LogP contribution in [0.25, 0.3) is 0 Å². The Morgan fingerprint density at radius 1 is 1.19 bits per heavy atom. The first-order valence-electron chi connectivity index (χ1n) is 8.53. The SMILES string of the molecule is CCN(CC(N)=O)c1ccc(Nc2cc(C)c(O)cc2NCCO)cc1. The third kappa shape index (κ3) is 5.03. The van der Waals surface area contributed by atoms with Gasteiger partial charge in [-0.25, -0.2) is 0 Å². The number of amides is 1. The number of phenolic OH excluding ortho intramolecular Hbond substituents is 1. The largest absolute Gasteiger partial charge is 0.508 e. The second-order valence-corrected chi connectivity index (χ2v) is 5.99. The molecular weight excluding hydrogens is 332 g/mol. The lowest BCUT2D eigenvalue weighted by molar-refractivity contribution is -0.116. The van der Waals surface area contributed by atoms with Gasteiger partial charge >= 0.3 is 0 Å². The Balaban J connectivity index is 2.20. The Labute approximate surface area is 153 Å². The van der Waals surface area contributed by atoms with Gasteiger partial charge in [-0.05, 0) is 49.7 Å². The van der Waals surface area contributed by atoms with Crippen molar-refractivity contribution in [1.82, 2.24) is 0 Å². The number of hydrogen-bond acceptors (Lipinski definition) is 6. The van der Waals surface area contributed by atoms with E-state index in [0.29, 0.717) is 18.8 Å². The average Bonchev–Trinajstić information content (AvgIpc) is 2.62. The van der Waals surface area contributed by atoms with Crippen molar-refractivity contribution in [3.8, 4) is 5.75 Å². The minimum Gasteiger partial charge on any atom is -0.508 e. The predicted octanol–water partition coefficient (Wildman–Crippen LogP) is 2.16. The Kier molecular flexibility index (Phi) is 6.68. The zero-order valence-electron chi connectivity index (χ0n) is 15.1. The first kappa shape index (κ1) is 19.4. The van der Waals surface area contributed by atoms with Crippen LogP contribution in [0, 0.1) is 6.92 Å². The van der Waals surface area contributed by atoms with Gasteiger partial charge in [-0.3, -0.25) is 4.79 Å². The topological polar surface area (TPSA) is 111 Å². The van der Waals surface area contributed by atoms with E-state index in [1.165, 1.54) is 0 Å². The van der Waals surface area contributed by atoms with E-state index in [4.69, 9.17) is 10.8 Å². The molecule has 0 radical (unpaired) electrons. The van der Waals surface area contributed by atoms with Crippen LogP contribution >= 0.6 is 0 Å². The van der Waals surface area contributed by atoms with Gasteiger partial charge in [-0.15, -0.1) is 0 Å². The number of primary amides is 1. The number of aromatic hydroxyl groups is 1. The monoisotopic (exact) mass is 358 g/mol. The number of likely N-dealkylation sites (N-methyl/N-ethyl adjacent to an activating group) is 1. The summed E-state index contributed by atoms with van der Waals surface area (Å²) in [7, 11) is 0. The van der Waals surface area contributed by atoms with E-state index in [9.17, 15) is 9.90 Å². The number of nitrogens with one attached hydrogen (secondary N) is 2. The van der Waals surface area contributed by atoms with Crippen LogP contribution in [-0.4, -0.2) is 42.4 Å². The fourth-order valence-corrected chi connectivity index (χ4v) is 2.62. The smallest absolute Gasteiger partial charge is 0.236 e. The first-order valence-corrected chi connectivity index (χ1v) is 8.53. The van der Waals surface area contributed by atoms with Crippen LogP contribution < -0.4 is 21.3 Å². The number of aliphatic hydroxyl groups is 1. The zero-order chi connectivity index (χ0) is 19.1. The molecule has 0 fully saturated rings. The van der Waals surface area contributed by atoms with Crippen molar-refractivity contribution in [2.24, 2.45) is 5.73 Å². The first-order chi connectivity index (χ1) is 12.4. The van der Waals surface area contributed by atoms with E-state index in [1.54, 1.807) is 6.07 Å². The van der Waals surface area contributed by atoms with Gasteiger partial charge in [0.2, 0.25) is 5.91 Å². The molecule has 2 aromatic carbocycles. The molecule has 0 aliphatic heterocycles. The van der Waals surface area contributed by atoms with Gasteiger partial charge in [-0.2, -0.15) is 0 Å². The minimum absolute atomic E-state index is 0.00447. The molecule has 0 heterocycles. The van der Waals surface area contributed by atoms with Crippen molar-refractivity contribution in [2.45, 2.75) is 13.8 Å². The van der Waals surface area contributed by atoms with Crippen molar-refractivity contribution in [1.29, 1.82) is 0 Å². The summed E-state index contributed by atoms with van der Waals surface area (Å²) in [4.78, 5) is 13.1. The zero-order valence-corrected chi connectivity index (χ0v) is 15.1. The summed E-state index contributed by atoms with van der Waals surface area (Å²) in [5.41, 5.74) is 9.31. The summed E-state index contributed by atoms with van der Waals surface area (Å²) < 4.78 is 0. The molecule has 7 heteroatoms. The highest BCUT2D eigenvalue weighted by Gasteiger charge is 2.09. The second-order valence-electron chi connectivity index (χ2n) is 5.99. The summed E-state index contributed by atoms with van der Waals surface area (Å²) in [5, 5.41) is 25.3. The fourth-order valence-electron chi connectivity index (χ4n) is 2.62. The number of hydrogen-bond donors (Lipinski definition) is 5. The molecule has 140 valence electrons. The van der Waals surface area contributed by atoms with Crippen molar-refractivity contribution in [3.05, 3.63) is 42.0 Å². The van der Waals surface area contributed by atoms with Gasteiger partial charge < -0.3 is 31.5 Å². The molecular formula is C19H26N4O3. The minimum atomic E-state index is -0.367. The number of phenols is 1. The molecule has 0 aliphatic rings. The number of rotatable bonds is 9. The lowest BCUT2D eigenvalue weighted by atomic mass is 10.1. The number of carbonyl (C=O) groups is 1. The molecule has 0 saturated carbocycles. The summed E-state index contributed by atoms with van der Waals surface area (Å²) in [6, 6.07) is 11.1. The highest BCUT2D eigenvalue weighted by atomic mass is 16.3. The van der Waals surface area contributed by atoms with Gasteiger partial charge in [0.15, 0.2) is 0 Å². The number of benzene rings is 2. The molecule has 0 spiro atoms. The van der Waals surface area contributed by atoms with E-state index in [1.807, 2.05) is 49.1 Å². The predicted molar refractivity (Wildman–Crippen MR) is 105 cm³/mol. The van der Waals surface area contributed by atoms with Gasteiger partial charge in [0.1, 0.15) is 5.75 Å². The number of nitrogens with two attached hydrogens (primary N) is 1. The van der Waals surface area contributed by atoms with Gasteiger partial charge in [0.25, 0.3) is 0 Å². The summed E-state index contributed by atoms with van der Waals surface area (Å²) in [6.45, 7) is 5.03. The second kappa shape index (κ2) is 8.96. The lowest BCUT2D eigenvalue weighted by Gasteiger charge is -2.22. The van der Waals surface area contributed by atoms with Crippen LogP contribution in [0.4, 0.5) is 22.7 Å². The van der Waals surface area contributed by atoms with Crippen LogP contribution in [0.1, 0.15) is 12.5 Å². The molecule has 7 nitrogen and oxygen atoms in total. The van der Waals surface area contributed by atoms with Crippen LogP contribution in [0.2, 0.25) is 0 Å². The van der Waals surface area contributed by atoms with Crippen LogP contribution in [0.15, 0.2) is 36.4 Å². The Bertz CT molecular complexity index is 747. The van der Waals surface area contributed by atoms with Crippen LogP contribution in [0.5, 0.6) is 5.75 Å². The highest BCUT2D eigenvalue weighted by Crippen LogP contribution is 2.32. The number of carbonyl (C=O) groups excluding carboxylic acids is 1. The van der Waals surface area contributed by atoms with Gasteiger partial charge in [0, 0.05) is 30.5 Å².